The third-order valence-corrected chi connectivity index (χ3v) is 3.25. The van der Waals surface area contributed by atoms with Crippen LogP contribution in [-0.4, -0.2) is 21.6 Å². The molecule has 0 spiro atoms. The number of hydrogen-bond donors (Lipinski definition) is 1. The smallest absolute Gasteiger partial charge is 0.138 e. The van der Waals surface area contributed by atoms with Crippen molar-refractivity contribution in [2.24, 2.45) is 0 Å². The van der Waals surface area contributed by atoms with Gasteiger partial charge in [-0.2, -0.15) is 0 Å². The Kier molecular flexibility index (Phi) is 3.01. The minimum atomic E-state index is 0.837. The average molecular weight is 252 g/mol. The molecule has 4 heteroatoms. The molecule has 0 aliphatic heterocycles. The summed E-state index contributed by atoms with van der Waals surface area (Å²) < 4.78 is 2.02. The van der Waals surface area contributed by atoms with Crippen LogP contribution in [0.15, 0.2) is 42.7 Å². The summed E-state index contributed by atoms with van der Waals surface area (Å²) in [6.07, 6.45) is 1.82. The molecule has 2 heterocycles. The van der Waals surface area contributed by atoms with E-state index in [1.165, 1.54) is 5.56 Å². The normalized spacial score (nSPS) is 11.1. The number of aromatic nitrogens is 3. The Morgan fingerprint density at radius 1 is 1.16 bits per heavy atom. The van der Waals surface area contributed by atoms with E-state index in [0.717, 1.165) is 29.1 Å². The first kappa shape index (κ1) is 11.9. The van der Waals surface area contributed by atoms with E-state index < -0.39 is 0 Å². The van der Waals surface area contributed by atoms with E-state index in [0.29, 0.717) is 0 Å². The molecule has 0 saturated heterocycles. The lowest BCUT2D eigenvalue weighted by Gasteiger charge is -2.08. The van der Waals surface area contributed by atoms with Crippen LogP contribution in [0.2, 0.25) is 0 Å². The fourth-order valence-electron chi connectivity index (χ4n) is 2.23. The van der Waals surface area contributed by atoms with E-state index in [-0.39, 0.29) is 0 Å². The third-order valence-electron chi connectivity index (χ3n) is 3.25. The maximum Gasteiger partial charge on any atom is 0.138 e. The number of para-hydroxylation sites is 2. The van der Waals surface area contributed by atoms with E-state index >= 15 is 0 Å². The minimum absolute atomic E-state index is 0.837. The highest BCUT2D eigenvalue weighted by molar-refractivity contribution is 5.76. The topological polar surface area (TPSA) is 42.7 Å². The number of rotatable bonds is 3. The quantitative estimate of drug-likeness (QED) is 0.778. The van der Waals surface area contributed by atoms with E-state index in [1.807, 2.05) is 49.1 Å². The molecule has 1 aromatic carbocycles. The number of fused-ring (bicyclic) bond motifs is 1. The predicted molar refractivity (Wildman–Crippen MR) is 76.4 cm³/mol. The molecule has 0 aliphatic carbocycles. The Labute approximate surface area is 112 Å². The van der Waals surface area contributed by atoms with Crippen LogP contribution >= 0.6 is 0 Å². The molecule has 0 radical (unpaired) electrons. The number of aryl methyl sites for hydroxylation is 1. The van der Waals surface area contributed by atoms with Gasteiger partial charge in [0.25, 0.3) is 0 Å². The second kappa shape index (κ2) is 4.82. The molecule has 0 amide bonds. The van der Waals surface area contributed by atoms with E-state index in [4.69, 9.17) is 0 Å². The van der Waals surface area contributed by atoms with Gasteiger partial charge in [0.1, 0.15) is 12.1 Å². The standard InChI is InChI=1S/C15H16N4/c1-11-12(9-16-2)7-8-15(18-11)19-10-17-13-5-3-4-6-14(13)19/h3-8,10,16H,9H2,1-2H3. The lowest BCUT2D eigenvalue weighted by molar-refractivity contribution is 0.801. The first-order valence-corrected chi connectivity index (χ1v) is 6.33. The van der Waals surface area contributed by atoms with Crippen molar-refractivity contribution in [3.05, 3.63) is 54.0 Å². The van der Waals surface area contributed by atoms with Gasteiger partial charge in [0, 0.05) is 12.2 Å². The Bertz CT molecular complexity index is 715. The van der Waals surface area contributed by atoms with Crippen molar-refractivity contribution in [1.82, 2.24) is 19.9 Å². The first-order valence-electron chi connectivity index (χ1n) is 6.33. The zero-order valence-corrected chi connectivity index (χ0v) is 11.1. The van der Waals surface area contributed by atoms with Crippen LogP contribution in [0, 0.1) is 6.92 Å². The zero-order valence-electron chi connectivity index (χ0n) is 11.1. The van der Waals surface area contributed by atoms with Crippen LogP contribution in [0.25, 0.3) is 16.9 Å². The van der Waals surface area contributed by atoms with Gasteiger partial charge in [0.05, 0.1) is 11.0 Å². The monoisotopic (exact) mass is 252 g/mol. The van der Waals surface area contributed by atoms with Gasteiger partial charge in [-0.3, -0.25) is 4.57 Å². The number of pyridine rings is 1. The Morgan fingerprint density at radius 3 is 2.79 bits per heavy atom. The predicted octanol–water partition coefficient (Wildman–Crippen LogP) is 2.45. The van der Waals surface area contributed by atoms with Crippen molar-refractivity contribution in [3.8, 4) is 5.82 Å². The van der Waals surface area contributed by atoms with Crippen molar-refractivity contribution in [1.29, 1.82) is 0 Å². The van der Waals surface area contributed by atoms with Gasteiger partial charge in [0.2, 0.25) is 0 Å². The molecule has 2 aromatic heterocycles. The summed E-state index contributed by atoms with van der Waals surface area (Å²) in [5.41, 5.74) is 4.33. The summed E-state index contributed by atoms with van der Waals surface area (Å²) in [5, 5.41) is 3.15. The second-order valence-electron chi connectivity index (χ2n) is 4.55. The van der Waals surface area contributed by atoms with E-state index in [1.54, 1.807) is 0 Å². The molecule has 0 fully saturated rings. The average Bonchev–Trinajstić information content (AvgIpc) is 2.85. The Morgan fingerprint density at radius 2 is 2.00 bits per heavy atom. The summed E-state index contributed by atoms with van der Waals surface area (Å²) in [7, 11) is 1.94. The minimum Gasteiger partial charge on any atom is -0.316 e. The lowest BCUT2D eigenvalue weighted by atomic mass is 10.2. The van der Waals surface area contributed by atoms with Crippen LogP contribution in [0.1, 0.15) is 11.3 Å². The summed E-state index contributed by atoms with van der Waals surface area (Å²) in [5.74, 6) is 0.908. The molecule has 0 atom stereocenters. The van der Waals surface area contributed by atoms with Crippen LogP contribution in [0.4, 0.5) is 0 Å². The molecule has 0 aliphatic rings. The highest BCUT2D eigenvalue weighted by atomic mass is 15.1. The van der Waals surface area contributed by atoms with Crippen molar-refractivity contribution in [2.45, 2.75) is 13.5 Å². The SMILES string of the molecule is CNCc1ccc(-n2cnc3ccccc32)nc1C. The van der Waals surface area contributed by atoms with E-state index in [9.17, 15) is 0 Å². The number of nitrogens with one attached hydrogen (secondary N) is 1. The van der Waals surface area contributed by atoms with Gasteiger partial charge in [-0.15, -0.1) is 0 Å². The molecule has 96 valence electrons. The molecule has 1 N–H and O–H groups in total. The van der Waals surface area contributed by atoms with Crippen molar-refractivity contribution >= 4 is 11.0 Å². The zero-order chi connectivity index (χ0) is 13.2. The molecular formula is C15H16N4. The Hall–Kier alpha value is -2.20. The van der Waals surface area contributed by atoms with Crippen molar-refractivity contribution in [2.75, 3.05) is 7.05 Å². The van der Waals surface area contributed by atoms with Gasteiger partial charge < -0.3 is 5.32 Å². The lowest BCUT2D eigenvalue weighted by Crippen LogP contribution is -2.08. The number of hydrogen-bond acceptors (Lipinski definition) is 3. The molecule has 19 heavy (non-hydrogen) atoms. The fourth-order valence-corrected chi connectivity index (χ4v) is 2.23. The maximum absolute atomic E-state index is 4.67. The molecule has 0 unspecified atom stereocenters. The fraction of sp³-hybridized carbons (Fsp3) is 0.200. The van der Waals surface area contributed by atoms with Crippen molar-refractivity contribution in [3.63, 3.8) is 0 Å². The summed E-state index contributed by atoms with van der Waals surface area (Å²) in [6, 6.07) is 12.2. The van der Waals surface area contributed by atoms with Crippen LogP contribution in [-0.2, 0) is 6.54 Å². The number of imidazole rings is 1. The summed E-state index contributed by atoms with van der Waals surface area (Å²) in [4.78, 5) is 9.06. The maximum atomic E-state index is 4.67. The summed E-state index contributed by atoms with van der Waals surface area (Å²) >= 11 is 0. The van der Waals surface area contributed by atoms with Crippen LogP contribution < -0.4 is 5.32 Å². The third kappa shape index (κ3) is 2.11. The molecular weight excluding hydrogens is 236 g/mol. The van der Waals surface area contributed by atoms with Crippen molar-refractivity contribution < 1.29 is 0 Å². The molecule has 0 saturated carbocycles. The highest BCUT2D eigenvalue weighted by Gasteiger charge is 2.06. The second-order valence-corrected chi connectivity index (χ2v) is 4.55. The molecule has 3 rings (SSSR count). The van der Waals surface area contributed by atoms with Gasteiger partial charge in [-0.25, -0.2) is 9.97 Å². The first-order chi connectivity index (χ1) is 9.29. The van der Waals surface area contributed by atoms with Gasteiger partial charge in [-0.05, 0) is 37.7 Å². The van der Waals surface area contributed by atoms with Crippen LogP contribution in [0.3, 0.4) is 0 Å². The molecule has 0 bridgehead atoms. The molecule has 3 aromatic rings. The number of nitrogens with zero attached hydrogens (tertiary/aromatic N) is 3. The number of benzene rings is 1. The van der Waals surface area contributed by atoms with Crippen LogP contribution in [0.5, 0.6) is 0 Å². The molecule has 4 nitrogen and oxygen atoms in total. The van der Waals surface area contributed by atoms with Gasteiger partial charge in [0.15, 0.2) is 0 Å². The van der Waals surface area contributed by atoms with Gasteiger partial charge >= 0.3 is 0 Å². The summed E-state index contributed by atoms with van der Waals surface area (Å²) in [6.45, 7) is 2.87. The largest absolute Gasteiger partial charge is 0.316 e. The highest BCUT2D eigenvalue weighted by Crippen LogP contribution is 2.17. The Balaban J connectivity index is 2.09. The van der Waals surface area contributed by atoms with Gasteiger partial charge in [-0.1, -0.05) is 18.2 Å². The van der Waals surface area contributed by atoms with E-state index in [2.05, 4.69) is 27.4 Å².